The van der Waals surface area contributed by atoms with Crippen molar-refractivity contribution in [2.75, 3.05) is 77.9 Å². The van der Waals surface area contributed by atoms with Crippen molar-refractivity contribution < 1.29 is 14.4 Å². The summed E-state index contributed by atoms with van der Waals surface area (Å²) in [7, 11) is 3.85. The van der Waals surface area contributed by atoms with E-state index in [-0.39, 0.29) is 35.7 Å². The van der Waals surface area contributed by atoms with Crippen molar-refractivity contribution in [2.45, 2.75) is 79.6 Å². The second-order valence-electron chi connectivity index (χ2n) is 13.2. The number of aryl methyl sites for hydroxylation is 2. The molecule has 2 amide bonds. The van der Waals surface area contributed by atoms with Gasteiger partial charge < -0.3 is 41.2 Å². The molecule has 2 aromatic heterocycles. The van der Waals surface area contributed by atoms with E-state index in [4.69, 9.17) is 4.79 Å². The first-order valence-corrected chi connectivity index (χ1v) is 16.5. The summed E-state index contributed by atoms with van der Waals surface area (Å²) in [5.74, 6) is 3.31. The smallest absolute Gasteiger partial charge is 0.247 e. The molecule has 0 aliphatic carbocycles. The van der Waals surface area contributed by atoms with Crippen LogP contribution < -0.4 is 36.4 Å². The first kappa shape index (κ1) is 35.7. The van der Waals surface area contributed by atoms with E-state index >= 15 is 0 Å². The number of aromatic nitrogens is 4. The molecule has 2 aromatic rings. The summed E-state index contributed by atoms with van der Waals surface area (Å²) in [6.45, 7) is 20.6. The number of nitrogens with one attached hydrogen (secondary N) is 5. The van der Waals surface area contributed by atoms with Gasteiger partial charge in [-0.15, -0.1) is 0 Å². The number of amides is 2. The molecule has 0 saturated carbocycles. The van der Waals surface area contributed by atoms with Crippen molar-refractivity contribution in [1.29, 1.82) is 0 Å². The number of carbonyl (C=O) groups is 3. The van der Waals surface area contributed by atoms with Gasteiger partial charge in [-0.05, 0) is 39.2 Å². The number of fused-ring (bicyclic) bond motifs is 2. The summed E-state index contributed by atoms with van der Waals surface area (Å²) in [5.41, 5.74) is 3.03. The number of carbonyl (C=O) groups excluding carboxylic acids is 3. The van der Waals surface area contributed by atoms with Crippen molar-refractivity contribution in [3.05, 3.63) is 11.4 Å². The summed E-state index contributed by atoms with van der Waals surface area (Å²) < 4.78 is 0. The molecule has 0 spiro atoms. The number of hydrogen-bond donors (Lipinski definition) is 5. The maximum Gasteiger partial charge on any atom is 0.247 e. The van der Waals surface area contributed by atoms with Crippen molar-refractivity contribution in [3.63, 3.8) is 0 Å². The molecular formula is C32H52N12O3. The fourth-order valence-electron chi connectivity index (χ4n) is 6.23. The van der Waals surface area contributed by atoms with Gasteiger partial charge in [0.2, 0.25) is 23.7 Å². The van der Waals surface area contributed by atoms with Gasteiger partial charge in [-0.1, -0.05) is 34.6 Å². The van der Waals surface area contributed by atoms with Crippen LogP contribution >= 0.6 is 0 Å². The number of likely N-dealkylation sites (N-methyl/N-ethyl adjacent to an activating group) is 3. The number of hydrogen-bond acceptors (Lipinski definition) is 13. The molecule has 258 valence electrons. The number of aldehydes is 1. The molecule has 15 heteroatoms. The molecule has 0 radical (unpaired) electrons. The van der Waals surface area contributed by atoms with Crippen LogP contribution in [0.5, 0.6) is 0 Å². The molecule has 2 saturated heterocycles. The quantitative estimate of drug-likeness (QED) is 0.276. The predicted molar refractivity (Wildman–Crippen MR) is 186 cm³/mol. The fourth-order valence-corrected chi connectivity index (χ4v) is 6.23. The SMILES string of the molecule is CC=O.CCN1CC(Nc2nc(C)c3c(n2)N(C)[C@@H](C(C)C)C(=O)N3)C1.Cc1nc(NC2CNC2)nc2c1NC(=O)[C@H](C(C)C)N2C. The standard InChI is InChI=1S/C16H26N6O.C14H22N6O.C2H4O/c1-6-22-7-11(8-22)18-16-17-10(4)12-14(20-16)21(5)13(9(2)3)15(23)19-12;1-7(2)11-13(21)18-10-8(3)16-14(17-9-5-15-6-9)19-12(10)20(11)4;1-2-3/h9,11,13H,6-8H2,1-5H3,(H,19,23)(H,17,18,20);7,9,11,15H,5-6H2,1-4H3,(H,18,21)(H,16,17,19);2H,1H3/t13-;11-;/m00./s1. The molecule has 4 aliphatic rings. The van der Waals surface area contributed by atoms with Crippen LogP contribution in [0.25, 0.3) is 0 Å². The van der Waals surface area contributed by atoms with Gasteiger partial charge in [0.1, 0.15) is 29.7 Å². The lowest BCUT2D eigenvalue weighted by Gasteiger charge is -2.39. The Balaban J connectivity index is 0.000000197. The second-order valence-corrected chi connectivity index (χ2v) is 13.2. The second kappa shape index (κ2) is 15.2. The molecule has 0 aromatic carbocycles. The molecule has 2 atom stereocenters. The molecule has 4 aliphatic heterocycles. The maximum atomic E-state index is 12.3. The Labute approximate surface area is 278 Å². The van der Waals surface area contributed by atoms with Crippen LogP contribution in [-0.4, -0.2) is 114 Å². The van der Waals surface area contributed by atoms with Gasteiger partial charge in [0, 0.05) is 40.3 Å². The molecule has 0 bridgehead atoms. The third kappa shape index (κ3) is 7.89. The lowest BCUT2D eigenvalue weighted by Crippen LogP contribution is -2.54. The minimum Gasteiger partial charge on any atom is -0.349 e. The summed E-state index contributed by atoms with van der Waals surface area (Å²) in [6, 6.07) is 0.373. The van der Waals surface area contributed by atoms with Crippen molar-refractivity contribution >= 4 is 53.0 Å². The summed E-state index contributed by atoms with van der Waals surface area (Å²) in [5, 5.41) is 15.9. The van der Waals surface area contributed by atoms with E-state index < -0.39 is 0 Å². The zero-order valence-corrected chi connectivity index (χ0v) is 29.4. The van der Waals surface area contributed by atoms with Crippen molar-refractivity contribution in [1.82, 2.24) is 30.2 Å². The van der Waals surface area contributed by atoms with Crippen LogP contribution in [0.3, 0.4) is 0 Å². The molecule has 2 fully saturated rings. The molecule has 6 heterocycles. The van der Waals surface area contributed by atoms with Gasteiger partial charge in [-0.25, -0.2) is 9.97 Å². The number of likely N-dealkylation sites (tertiary alicyclic amines) is 1. The van der Waals surface area contributed by atoms with E-state index in [1.165, 1.54) is 6.92 Å². The summed E-state index contributed by atoms with van der Waals surface area (Å²) >= 11 is 0. The van der Waals surface area contributed by atoms with Gasteiger partial charge in [-0.3, -0.25) is 14.5 Å². The predicted octanol–water partition coefficient (Wildman–Crippen LogP) is 2.10. The lowest BCUT2D eigenvalue weighted by atomic mass is 9.99. The monoisotopic (exact) mass is 652 g/mol. The van der Waals surface area contributed by atoms with E-state index in [0.717, 1.165) is 73.4 Å². The molecule has 47 heavy (non-hydrogen) atoms. The molecule has 0 unspecified atom stereocenters. The van der Waals surface area contributed by atoms with Gasteiger partial charge in [0.05, 0.1) is 23.5 Å². The van der Waals surface area contributed by atoms with E-state index in [1.54, 1.807) is 0 Å². The Morgan fingerprint density at radius 1 is 0.787 bits per heavy atom. The van der Waals surface area contributed by atoms with Gasteiger partial charge in [0.15, 0.2) is 11.6 Å². The van der Waals surface area contributed by atoms with E-state index in [1.807, 2.05) is 65.4 Å². The number of anilines is 6. The van der Waals surface area contributed by atoms with Gasteiger partial charge in [-0.2, -0.15) is 9.97 Å². The number of rotatable bonds is 7. The summed E-state index contributed by atoms with van der Waals surface area (Å²) in [4.78, 5) is 57.9. The topological polar surface area (TPSA) is 173 Å². The maximum absolute atomic E-state index is 12.3. The average molecular weight is 653 g/mol. The molecular weight excluding hydrogens is 600 g/mol. The zero-order valence-electron chi connectivity index (χ0n) is 29.4. The molecule has 6 rings (SSSR count). The highest BCUT2D eigenvalue weighted by molar-refractivity contribution is 6.04. The van der Waals surface area contributed by atoms with Gasteiger partial charge in [0.25, 0.3) is 0 Å². The minimum atomic E-state index is -0.205. The number of nitrogens with zero attached hydrogens (tertiary/aromatic N) is 7. The molecule has 15 nitrogen and oxygen atoms in total. The van der Waals surface area contributed by atoms with Crippen molar-refractivity contribution in [2.24, 2.45) is 11.8 Å². The zero-order chi connectivity index (χ0) is 34.6. The Morgan fingerprint density at radius 3 is 1.53 bits per heavy atom. The van der Waals surface area contributed by atoms with Crippen LogP contribution in [0.2, 0.25) is 0 Å². The Kier molecular flexibility index (Phi) is 11.6. The average Bonchev–Trinajstić information content (AvgIpc) is 2.94. The first-order valence-electron chi connectivity index (χ1n) is 16.5. The Morgan fingerprint density at radius 2 is 1.19 bits per heavy atom. The Hall–Kier alpha value is -4.11. The van der Waals surface area contributed by atoms with Crippen LogP contribution in [0.15, 0.2) is 0 Å². The van der Waals surface area contributed by atoms with Crippen LogP contribution in [0.1, 0.15) is 52.9 Å². The third-order valence-electron chi connectivity index (χ3n) is 8.79. The highest BCUT2D eigenvalue weighted by Gasteiger charge is 2.37. The van der Waals surface area contributed by atoms with Crippen LogP contribution in [0, 0.1) is 25.7 Å². The Bertz CT molecular complexity index is 1440. The van der Waals surface area contributed by atoms with E-state index in [9.17, 15) is 9.59 Å². The fraction of sp³-hybridized carbons (Fsp3) is 0.656. The van der Waals surface area contributed by atoms with Crippen molar-refractivity contribution in [3.8, 4) is 0 Å². The van der Waals surface area contributed by atoms with E-state index in [2.05, 4.69) is 58.3 Å². The minimum absolute atomic E-state index is 0.00982. The van der Waals surface area contributed by atoms with Crippen LogP contribution in [0.4, 0.5) is 34.9 Å². The lowest BCUT2D eigenvalue weighted by molar-refractivity contribution is -0.119. The van der Waals surface area contributed by atoms with Gasteiger partial charge >= 0.3 is 0 Å². The third-order valence-corrected chi connectivity index (χ3v) is 8.79. The van der Waals surface area contributed by atoms with Crippen LogP contribution in [-0.2, 0) is 14.4 Å². The normalized spacial score (nSPS) is 20.8. The highest BCUT2D eigenvalue weighted by atomic mass is 16.2. The first-order chi connectivity index (χ1) is 22.3. The largest absolute Gasteiger partial charge is 0.349 e. The molecule has 5 N–H and O–H groups in total. The van der Waals surface area contributed by atoms with E-state index in [0.29, 0.717) is 24.0 Å². The summed E-state index contributed by atoms with van der Waals surface area (Å²) in [6.07, 6.45) is 0.750. The highest BCUT2D eigenvalue weighted by Crippen LogP contribution is 2.35.